The van der Waals surface area contributed by atoms with E-state index in [9.17, 15) is 9.90 Å². The first-order valence-electron chi connectivity index (χ1n) is 13.8. The van der Waals surface area contributed by atoms with Crippen molar-refractivity contribution in [2.75, 3.05) is 19.8 Å². The fourth-order valence-corrected chi connectivity index (χ4v) is 9.19. The highest BCUT2D eigenvalue weighted by Gasteiger charge is 2.66. The molecule has 5 nitrogen and oxygen atoms in total. The van der Waals surface area contributed by atoms with Gasteiger partial charge in [0.05, 0.1) is 13.2 Å². The van der Waals surface area contributed by atoms with E-state index in [1.54, 1.807) is 6.92 Å². The lowest BCUT2D eigenvalue weighted by Gasteiger charge is -2.64. The van der Waals surface area contributed by atoms with Crippen molar-refractivity contribution in [2.45, 2.75) is 103 Å². The van der Waals surface area contributed by atoms with E-state index in [0.29, 0.717) is 54.5 Å². The molecule has 5 aliphatic rings. The van der Waals surface area contributed by atoms with Crippen LogP contribution in [0.1, 0.15) is 91.9 Å². The molecule has 5 rings (SSSR count). The topological polar surface area (TPSA) is 65.0 Å². The van der Waals surface area contributed by atoms with E-state index < -0.39 is 5.60 Å². The summed E-state index contributed by atoms with van der Waals surface area (Å²) in [6.07, 6.45) is 9.51. The summed E-state index contributed by atoms with van der Waals surface area (Å²) >= 11 is 0. The van der Waals surface area contributed by atoms with Crippen LogP contribution in [0.2, 0.25) is 0 Å². The van der Waals surface area contributed by atoms with Gasteiger partial charge in [-0.05, 0) is 73.5 Å². The summed E-state index contributed by atoms with van der Waals surface area (Å²) in [4.78, 5) is 11.4. The molecule has 0 unspecified atom stereocenters. The minimum atomic E-state index is -0.928. The van der Waals surface area contributed by atoms with Crippen LogP contribution in [0.15, 0.2) is 0 Å². The van der Waals surface area contributed by atoms with Gasteiger partial charge in [0.15, 0.2) is 5.79 Å². The molecule has 0 amide bonds. The van der Waals surface area contributed by atoms with Gasteiger partial charge in [0, 0.05) is 31.1 Å². The van der Waals surface area contributed by atoms with Gasteiger partial charge in [0.1, 0.15) is 12.2 Å². The minimum Gasteiger partial charge on any atom is -0.465 e. The van der Waals surface area contributed by atoms with E-state index in [4.69, 9.17) is 14.2 Å². The molecule has 4 saturated carbocycles. The number of hydrogen-bond acceptors (Lipinski definition) is 5. The molecule has 1 N–H and O–H groups in total. The quantitative estimate of drug-likeness (QED) is 0.352. The van der Waals surface area contributed by atoms with Crippen molar-refractivity contribution < 1.29 is 24.1 Å². The highest BCUT2D eigenvalue weighted by molar-refractivity contribution is 5.68. The second-order valence-corrected chi connectivity index (χ2v) is 12.4. The van der Waals surface area contributed by atoms with E-state index >= 15 is 0 Å². The van der Waals surface area contributed by atoms with Gasteiger partial charge in [-0.15, -0.1) is 0 Å². The molecule has 0 aromatic rings. The zero-order chi connectivity index (χ0) is 24.2. The Morgan fingerprint density at radius 3 is 2.53 bits per heavy atom. The Kier molecular flexibility index (Phi) is 6.36. The maximum absolute atomic E-state index is 11.8. The van der Waals surface area contributed by atoms with Gasteiger partial charge >= 0.3 is 5.97 Å². The van der Waals surface area contributed by atoms with E-state index in [1.807, 2.05) is 0 Å². The van der Waals surface area contributed by atoms with Crippen LogP contribution in [-0.2, 0) is 19.0 Å². The van der Waals surface area contributed by atoms with Crippen LogP contribution in [0, 0.1) is 52.3 Å². The largest absolute Gasteiger partial charge is 0.465 e. The van der Waals surface area contributed by atoms with Crippen molar-refractivity contribution in [3.8, 4) is 11.8 Å². The fourth-order valence-electron chi connectivity index (χ4n) is 9.19. The molecule has 190 valence electrons. The van der Waals surface area contributed by atoms with Crippen molar-refractivity contribution in [1.82, 2.24) is 0 Å². The maximum Gasteiger partial charge on any atom is 0.305 e. The molecule has 34 heavy (non-hydrogen) atoms. The maximum atomic E-state index is 11.8. The van der Waals surface area contributed by atoms with Crippen molar-refractivity contribution in [2.24, 2.45) is 40.4 Å². The Labute approximate surface area is 205 Å². The molecule has 8 atom stereocenters. The Hall–Kier alpha value is -1.09. The first kappa shape index (κ1) is 24.6. The SMILES string of the molecule is CCC(=O)OCCC#C[C@]1(O)CC[C@H]2[C@@H]3CC[C@H]4CC5(C[C@H](C)[C@]4(C)[C@H]3CC[C@@]21C)OCCO5. The van der Waals surface area contributed by atoms with Crippen molar-refractivity contribution >= 4 is 5.97 Å². The molecule has 5 heteroatoms. The van der Waals surface area contributed by atoms with Crippen LogP contribution >= 0.6 is 0 Å². The third kappa shape index (κ3) is 3.66. The van der Waals surface area contributed by atoms with E-state index in [2.05, 4.69) is 32.6 Å². The number of carbonyl (C=O) groups is 1. The van der Waals surface area contributed by atoms with Gasteiger partial charge in [-0.2, -0.15) is 0 Å². The Morgan fingerprint density at radius 1 is 1.06 bits per heavy atom. The molecule has 1 aliphatic heterocycles. The molecule has 0 aromatic carbocycles. The van der Waals surface area contributed by atoms with Gasteiger partial charge in [0.2, 0.25) is 0 Å². The van der Waals surface area contributed by atoms with Crippen LogP contribution < -0.4 is 0 Å². The van der Waals surface area contributed by atoms with Crippen molar-refractivity contribution in [3.05, 3.63) is 0 Å². The molecule has 1 saturated heterocycles. The lowest BCUT2D eigenvalue weighted by atomic mass is 9.42. The highest BCUT2D eigenvalue weighted by Crippen LogP contribution is 2.70. The second kappa shape index (κ2) is 8.79. The number of fused-ring (bicyclic) bond motifs is 5. The average Bonchev–Trinajstić information content (AvgIpc) is 3.36. The lowest BCUT2D eigenvalue weighted by Crippen LogP contribution is -2.60. The predicted octanol–water partition coefficient (Wildman–Crippen LogP) is 5.10. The highest BCUT2D eigenvalue weighted by atomic mass is 16.7. The van der Waals surface area contributed by atoms with Crippen LogP contribution in [0.5, 0.6) is 0 Å². The predicted molar refractivity (Wildman–Crippen MR) is 130 cm³/mol. The summed E-state index contributed by atoms with van der Waals surface area (Å²) in [6, 6.07) is 0. The van der Waals surface area contributed by atoms with Gasteiger partial charge in [-0.25, -0.2) is 0 Å². The number of hydrogen-bond donors (Lipinski definition) is 1. The number of ether oxygens (including phenoxy) is 3. The first-order valence-corrected chi connectivity index (χ1v) is 13.8. The standard InChI is InChI=1S/C29H44O5/c1-5-25(30)32-15-7-6-12-28(31)14-11-23-22-9-8-21-19-29(33-16-17-34-29)18-20(2)27(21,4)24(22)10-13-26(23,28)3/h20-24,31H,5,7-11,13-19H2,1-4H3/t20-,21-,22-,23-,24-,26-,27-,28-/m0/s1. The number of aliphatic hydroxyl groups is 1. The monoisotopic (exact) mass is 472 g/mol. The smallest absolute Gasteiger partial charge is 0.305 e. The summed E-state index contributed by atoms with van der Waals surface area (Å²) in [7, 11) is 0. The van der Waals surface area contributed by atoms with Gasteiger partial charge in [-0.1, -0.05) is 39.5 Å². The molecule has 5 fully saturated rings. The molecular formula is C29H44O5. The molecule has 4 aliphatic carbocycles. The number of carbonyl (C=O) groups excluding carboxylic acids is 1. The van der Waals surface area contributed by atoms with Crippen LogP contribution in [-0.4, -0.2) is 42.3 Å². The normalized spacial score (nSPS) is 46.7. The number of esters is 1. The summed E-state index contributed by atoms with van der Waals surface area (Å²) in [5.41, 5.74) is -0.759. The van der Waals surface area contributed by atoms with Crippen LogP contribution in [0.3, 0.4) is 0 Å². The molecular weight excluding hydrogens is 428 g/mol. The Balaban J connectivity index is 1.31. The summed E-state index contributed by atoms with van der Waals surface area (Å²) < 4.78 is 17.5. The molecule has 0 aromatic heterocycles. The summed E-state index contributed by atoms with van der Waals surface area (Å²) in [6.45, 7) is 10.9. The third-order valence-electron chi connectivity index (χ3n) is 11.2. The minimum absolute atomic E-state index is 0.152. The Bertz CT molecular complexity index is 852. The zero-order valence-corrected chi connectivity index (χ0v) is 21.7. The van der Waals surface area contributed by atoms with Gasteiger partial charge in [0.25, 0.3) is 0 Å². The number of rotatable bonds is 3. The third-order valence-corrected chi connectivity index (χ3v) is 11.2. The molecule has 0 bridgehead atoms. The lowest BCUT2D eigenvalue weighted by molar-refractivity contribution is -0.249. The van der Waals surface area contributed by atoms with Crippen molar-refractivity contribution in [3.63, 3.8) is 0 Å². The van der Waals surface area contributed by atoms with Gasteiger partial charge in [-0.3, -0.25) is 4.79 Å². The van der Waals surface area contributed by atoms with Crippen LogP contribution in [0.4, 0.5) is 0 Å². The summed E-state index contributed by atoms with van der Waals surface area (Å²) in [5, 5.41) is 11.8. The van der Waals surface area contributed by atoms with Gasteiger partial charge < -0.3 is 19.3 Å². The summed E-state index contributed by atoms with van der Waals surface area (Å²) in [5.74, 6) is 9.06. The van der Waals surface area contributed by atoms with E-state index in [1.165, 1.54) is 19.3 Å². The Morgan fingerprint density at radius 2 is 1.79 bits per heavy atom. The van der Waals surface area contributed by atoms with Crippen LogP contribution in [0.25, 0.3) is 0 Å². The zero-order valence-electron chi connectivity index (χ0n) is 21.7. The van der Waals surface area contributed by atoms with Crippen molar-refractivity contribution in [1.29, 1.82) is 0 Å². The first-order chi connectivity index (χ1) is 16.2. The molecule has 0 radical (unpaired) electrons. The van der Waals surface area contributed by atoms with E-state index in [0.717, 1.165) is 45.3 Å². The second-order valence-electron chi connectivity index (χ2n) is 12.4. The molecule has 1 spiro atoms. The fraction of sp³-hybridized carbons (Fsp3) is 0.897. The van der Waals surface area contributed by atoms with E-state index in [-0.39, 0.29) is 17.2 Å². The average molecular weight is 473 g/mol. The molecule has 1 heterocycles.